The quantitative estimate of drug-likeness (QED) is 0.802. The number of halogens is 1. The molecular weight excluding hydrogens is 360 g/mol. The van der Waals surface area contributed by atoms with Crippen LogP contribution in [0.15, 0.2) is 53.4 Å². The zero-order valence-corrected chi connectivity index (χ0v) is 15.4. The van der Waals surface area contributed by atoms with Gasteiger partial charge in [0, 0.05) is 37.3 Å². The Morgan fingerprint density at radius 1 is 1.16 bits per heavy atom. The summed E-state index contributed by atoms with van der Waals surface area (Å²) in [5.41, 5.74) is 1.55. The molecule has 0 unspecified atom stereocenters. The summed E-state index contributed by atoms with van der Waals surface area (Å²) < 4.78 is 26.7. The number of rotatable bonds is 5. The van der Waals surface area contributed by atoms with E-state index in [1.54, 1.807) is 47.4 Å². The average Bonchev–Trinajstić information content (AvgIpc) is 3.01. The molecule has 0 bridgehead atoms. The molecule has 5 nitrogen and oxygen atoms in total. The summed E-state index contributed by atoms with van der Waals surface area (Å²) in [6.07, 6.45) is 1.38. The van der Waals surface area contributed by atoms with Crippen molar-refractivity contribution in [1.29, 1.82) is 0 Å². The van der Waals surface area contributed by atoms with Crippen molar-refractivity contribution in [3.63, 3.8) is 0 Å². The minimum absolute atomic E-state index is 0.0775. The highest BCUT2D eigenvalue weighted by Gasteiger charge is 2.24. The Morgan fingerprint density at radius 3 is 2.48 bits per heavy atom. The lowest BCUT2D eigenvalue weighted by molar-refractivity contribution is -0.117. The van der Waals surface area contributed by atoms with Crippen LogP contribution >= 0.6 is 11.6 Å². The first-order valence-corrected chi connectivity index (χ1v) is 9.81. The van der Waals surface area contributed by atoms with Crippen LogP contribution in [0.1, 0.15) is 18.4 Å². The molecular formula is C18H19ClN2O3S. The highest BCUT2D eigenvalue weighted by Crippen LogP contribution is 2.24. The van der Waals surface area contributed by atoms with Crippen LogP contribution in [0.4, 0.5) is 5.69 Å². The van der Waals surface area contributed by atoms with Crippen molar-refractivity contribution in [2.75, 3.05) is 18.5 Å². The molecule has 25 heavy (non-hydrogen) atoms. The third kappa shape index (κ3) is 3.86. The standard InChI is InChI=1S/C18H19ClN2O3S/c1-20(13-14-4-2-5-15(19)12-14)25(23,24)17-9-7-16(8-10-17)21-11-3-6-18(21)22/h2,4-5,7-10,12H,3,6,11,13H2,1H3. The van der Waals surface area contributed by atoms with Crippen LogP contribution in [0.25, 0.3) is 0 Å². The average molecular weight is 379 g/mol. The third-order valence-corrected chi connectivity index (χ3v) is 6.28. The molecule has 1 aliphatic rings. The summed E-state index contributed by atoms with van der Waals surface area (Å²) in [6.45, 7) is 0.912. The Hall–Kier alpha value is -1.89. The van der Waals surface area contributed by atoms with Crippen LogP contribution in [-0.4, -0.2) is 32.2 Å². The fourth-order valence-electron chi connectivity index (χ4n) is 2.88. The van der Waals surface area contributed by atoms with Gasteiger partial charge < -0.3 is 4.90 Å². The van der Waals surface area contributed by atoms with E-state index >= 15 is 0 Å². The van der Waals surface area contributed by atoms with Crippen LogP contribution in [0.5, 0.6) is 0 Å². The second-order valence-corrected chi connectivity index (χ2v) is 8.52. The van der Waals surface area contributed by atoms with Gasteiger partial charge in [0.1, 0.15) is 0 Å². The number of hydrogen-bond acceptors (Lipinski definition) is 3. The number of benzene rings is 2. The van der Waals surface area contributed by atoms with Gasteiger partial charge in [-0.25, -0.2) is 8.42 Å². The summed E-state index contributed by atoms with van der Waals surface area (Å²) in [5, 5.41) is 0.572. The Balaban J connectivity index is 1.78. The minimum Gasteiger partial charge on any atom is -0.312 e. The van der Waals surface area contributed by atoms with Gasteiger partial charge in [0.2, 0.25) is 15.9 Å². The van der Waals surface area contributed by atoms with E-state index in [1.165, 1.54) is 11.4 Å². The number of sulfonamides is 1. The molecule has 0 radical (unpaired) electrons. The molecule has 1 heterocycles. The van der Waals surface area contributed by atoms with Gasteiger partial charge in [-0.05, 0) is 48.4 Å². The number of anilines is 1. The second-order valence-electron chi connectivity index (χ2n) is 6.03. The molecule has 7 heteroatoms. The lowest BCUT2D eigenvalue weighted by Gasteiger charge is -2.19. The molecule has 0 aromatic heterocycles. The molecule has 0 aliphatic carbocycles. The Labute approximate surface area is 152 Å². The number of amides is 1. The van der Waals surface area contributed by atoms with Crippen LogP contribution in [0.2, 0.25) is 5.02 Å². The molecule has 3 rings (SSSR count). The fourth-order valence-corrected chi connectivity index (χ4v) is 4.25. The van der Waals surface area contributed by atoms with Gasteiger partial charge in [-0.1, -0.05) is 23.7 Å². The Bertz CT molecular complexity index is 881. The molecule has 2 aromatic carbocycles. The highest BCUT2D eigenvalue weighted by molar-refractivity contribution is 7.89. The molecule has 0 spiro atoms. The second kappa shape index (κ2) is 7.15. The van der Waals surface area contributed by atoms with Gasteiger partial charge >= 0.3 is 0 Å². The minimum atomic E-state index is -3.62. The van der Waals surface area contributed by atoms with Crippen molar-refractivity contribution in [3.05, 3.63) is 59.1 Å². The fraction of sp³-hybridized carbons (Fsp3) is 0.278. The molecule has 2 aromatic rings. The molecule has 1 fully saturated rings. The lowest BCUT2D eigenvalue weighted by atomic mass is 10.2. The van der Waals surface area contributed by atoms with E-state index in [4.69, 9.17) is 11.6 Å². The van der Waals surface area contributed by atoms with E-state index < -0.39 is 10.0 Å². The molecule has 0 saturated carbocycles. The maximum absolute atomic E-state index is 12.7. The van der Waals surface area contributed by atoms with Gasteiger partial charge in [-0.3, -0.25) is 4.79 Å². The summed E-state index contributed by atoms with van der Waals surface area (Å²) in [7, 11) is -2.08. The lowest BCUT2D eigenvalue weighted by Crippen LogP contribution is -2.27. The van der Waals surface area contributed by atoms with Gasteiger partial charge in [0.05, 0.1) is 4.90 Å². The maximum atomic E-state index is 12.7. The van der Waals surface area contributed by atoms with Gasteiger partial charge in [0.25, 0.3) is 0 Å². The topological polar surface area (TPSA) is 57.7 Å². The van der Waals surface area contributed by atoms with E-state index in [1.807, 2.05) is 6.07 Å². The van der Waals surface area contributed by atoms with E-state index in [-0.39, 0.29) is 17.3 Å². The van der Waals surface area contributed by atoms with Crippen molar-refractivity contribution in [3.8, 4) is 0 Å². The van der Waals surface area contributed by atoms with E-state index in [9.17, 15) is 13.2 Å². The number of nitrogens with zero attached hydrogens (tertiary/aromatic N) is 2. The van der Waals surface area contributed by atoms with E-state index in [0.717, 1.165) is 17.7 Å². The molecule has 1 amide bonds. The van der Waals surface area contributed by atoms with Crippen LogP contribution < -0.4 is 4.90 Å². The van der Waals surface area contributed by atoms with E-state index in [2.05, 4.69) is 0 Å². The largest absolute Gasteiger partial charge is 0.312 e. The summed E-state index contributed by atoms with van der Waals surface area (Å²) in [6, 6.07) is 13.6. The van der Waals surface area contributed by atoms with Crippen molar-refractivity contribution in [2.24, 2.45) is 0 Å². The smallest absolute Gasteiger partial charge is 0.243 e. The van der Waals surface area contributed by atoms with Gasteiger partial charge in [-0.15, -0.1) is 0 Å². The van der Waals surface area contributed by atoms with Crippen LogP contribution in [0, 0.1) is 0 Å². The summed E-state index contributed by atoms with van der Waals surface area (Å²) in [5.74, 6) is 0.0775. The zero-order valence-electron chi connectivity index (χ0n) is 13.9. The monoisotopic (exact) mass is 378 g/mol. The first-order chi connectivity index (χ1) is 11.9. The third-order valence-electron chi connectivity index (χ3n) is 4.22. The zero-order chi connectivity index (χ0) is 18.0. The molecule has 1 saturated heterocycles. The number of carbonyl (C=O) groups excluding carboxylic acids is 1. The number of hydrogen-bond donors (Lipinski definition) is 0. The first-order valence-electron chi connectivity index (χ1n) is 7.99. The predicted octanol–water partition coefficient (Wildman–Crippen LogP) is 3.29. The first kappa shape index (κ1) is 17.9. The van der Waals surface area contributed by atoms with Crippen molar-refractivity contribution in [2.45, 2.75) is 24.3 Å². The van der Waals surface area contributed by atoms with E-state index in [0.29, 0.717) is 18.0 Å². The van der Waals surface area contributed by atoms with Crippen LogP contribution in [0.3, 0.4) is 0 Å². The highest BCUT2D eigenvalue weighted by atomic mass is 35.5. The molecule has 132 valence electrons. The van der Waals surface area contributed by atoms with Crippen molar-refractivity contribution < 1.29 is 13.2 Å². The van der Waals surface area contributed by atoms with Crippen molar-refractivity contribution in [1.82, 2.24) is 4.31 Å². The number of carbonyl (C=O) groups is 1. The normalized spacial score (nSPS) is 15.2. The van der Waals surface area contributed by atoms with Crippen molar-refractivity contribution >= 4 is 33.2 Å². The SMILES string of the molecule is CN(Cc1cccc(Cl)c1)S(=O)(=O)c1ccc(N2CCCC2=O)cc1. The Morgan fingerprint density at radius 2 is 1.88 bits per heavy atom. The van der Waals surface area contributed by atoms with Crippen LogP contribution in [-0.2, 0) is 21.4 Å². The van der Waals surface area contributed by atoms with Gasteiger partial charge in [0.15, 0.2) is 0 Å². The summed E-state index contributed by atoms with van der Waals surface area (Å²) >= 11 is 5.95. The van der Waals surface area contributed by atoms with Gasteiger partial charge in [-0.2, -0.15) is 4.31 Å². The summed E-state index contributed by atoms with van der Waals surface area (Å²) in [4.78, 5) is 13.7. The molecule has 1 aliphatic heterocycles. The molecule has 0 N–H and O–H groups in total. The molecule has 0 atom stereocenters. The maximum Gasteiger partial charge on any atom is 0.243 e. The Kier molecular flexibility index (Phi) is 5.13. The predicted molar refractivity (Wildman–Crippen MR) is 98.1 cm³/mol.